The van der Waals surface area contributed by atoms with Crippen molar-refractivity contribution in [2.45, 2.75) is 56.7 Å². The van der Waals surface area contributed by atoms with Crippen LogP contribution >= 0.6 is 11.8 Å². The molecule has 3 N–H and O–H groups in total. The molecule has 2 atom stereocenters. The first kappa shape index (κ1) is 17.1. The van der Waals surface area contributed by atoms with E-state index in [0.29, 0.717) is 13.0 Å². The smallest absolute Gasteiger partial charge is 0.326 e. The number of nitrogens with one attached hydrogen (secondary N) is 2. The molecule has 0 spiro atoms. The predicted octanol–water partition coefficient (Wildman–Crippen LogP) is 2.46. The topological polar surface area (TPSA) is 78.4 Å². The van der Waals surface area contributed by atoms with Gasteiger partial charge in [-0.2, -0.15) is 11.8 Å². The maximum absolute atomic E-state index is 11.9. The zero-order valence-corrected chi connectivity index (χ0v) is 13.4. The van der Waals surface area contributed by atoms with E-state index in [2.05, 4.69) is 16.9 Å². The fourth-order valence-electron chi connectivity index (χ4n) is 2.59. The van der Waals surface area contributed by atoms with Crippen molar-refractivity contribution >= 4 is 23.8 Å². The number of aliphatic carboxylic acids is 1. The molecule has 0 saturated heterocycles. The van der Waals surface area contributed by atoms with Crippen LogP contribution in [-0.2, 0) is 4.79 Å². The van der Waals surface area contributed by atoms with Gasteiger partial charge in [0.1, 0.15) is 6.04 Å². The van der Waals surface area contributed by atoms with Crippen LogP contribution in [0, 0.1) is 5.92 Å². The third-order valence-electron chi connectivity index (χ3n) is 4.28. The second kappa shape index (κ2) is 7.76. The summed E-state index contributed by atoms with van der Waals surface area (Å²) in [6, 6.07) is -1.20. The molecule has 0 aliphatic heterocycles. The van der Waals surface area contributed by atoms with E-state index >= 15 is 0 Å². The standard InChI is InChI=1S/C14H26N2O3S/c1-4-10(2)11(12(17)18)16-13(19)15-9-14(20-3)7-5-6-8-14/h10-11H,4-9H2,1-3H3,(H,17,18)(H2,15,16,19)/t10-,11-/m0/s1. The van der Waals surface area contributed by atoms with Crippen LogP contribution in [0.5, 0.6) is 0 Å². The number of amides is 2. The Hall–Kier alpha value is -0.910. The highest BCUT2D eigenvalue weighted by molar-refractivity contribution is 8.00. The van der Waals surface area contributed by atoms with Gasteiger partial charge in [-0.15, -0.1) is 0 Å². The average Bonchev–Trinajstić information content (AvgIpc) is 2.91. The second-order valence-electron chi connectivity index (χ2n) is 5.62. The van der Waals surface area contributed by atoms with Crippen molar-refractivity contribution < 1.29 is 14.7 Å². The molecular formula is C14H26N2O3S. The second-order valence-corrected chi connectivity index (χ2v) is 6.90. The number of rotatable bonds is 7. The fraction of sp³-hybridized carbons (Fsp3) is 0.857. The molecule has 0 aromatic heterocycles. The van der Waals surface area contributed by atoms with Crippen molar-refractivity contribution in [3.63, 3.8) is 0 Å². The molecule has 1 saturated carbocycles. The Kier molecular flexibility index (Phi) is 6.65. The van der Waals surface area contributed by atoms with E-state index in [4.69, 9.17) is 5.11 Å². The molecule has 0 bridgehead atoms. The lowest BCUT2D eigenvalue weighted by Crippen LogP contribution is -2.51. The minimum atomic E-state index is -0.977. The number of thioether (sulfide) groups is 1. The highest BCUT2D eigenvalue weighted by Gasteiger charge is 2.33. The lowest BCUT2D eigenvalue weighted by molar-refractivity contribution is -0.140. The first-order valence-corrected chi connectivity index (χ1v) is 8.49. The largest absolute Gasteiger partial charge is 0.480 e. The van der Waals surface area contributed by atoms with Gasteiger partial charge in [0.2, 0.25) is 0 Å². The molecule has 116 valence electrons. The third-order valence-corrected chi connectivity index (χ3v) is 5.70. The Bertz CT molecular complexity index is 343. The predicted molar refractivity (Wildman–Crippen MR) is 82.1 cm³/mol. The Labute approximate surface area is 125 Å². The lowest BCUT2D eigenvalue weighted by Gasteiger charge is -2.28. The summed E-state index contributed by atoms with van der Waals surface area (Å²) in [7, 11) is 0. The highest BCUT2D eigenvalue weighted by Crippen LogP contribution is 2.39. The molecule has 20 heavy (non-hydrogen) atoms. The van der Waals surface area contributed by atoms with E-state index in [1.807, 2.05) is 13.8 Å². The number of hydrogen-bond acceptors (Lipinski definition) is 3. The number of hydrogen-bond donors (Lipinski definition) is 3. The molecule has 1 fully saturated rings. The minimum absolute atomic E-state index is 0.0840. The Morgan fingerprint density at radius 2 is 1.95 bits per heavy atom. The quantitative estimate of drug-likeness (QED) is 0.675. The van der Waals surface area contributed by atoms with E-state index in [0.717, 1.165) is 12.8 Å². The van der Waals surface area contributed by atoms with Gasteiger partial charge < -0.3 is 15.7 Å². The summed E-state index contributed by atoms with van der Waals surface area (Å²) < 4.78 is 0.131. The highest BCUT2D eigenvalue weighted by atomic mass is 32.2. The Morgan fingerprint density at radius 3 is 2.40 bits per heavy atom. The van der Waals surface area contributed by atoms with Gasteiger partial charge in [-0.25, -0.2) is 9.59 Å². The monoisotopic (exact) mass is 302 g/mol. The van der Waals surface area contributed by atoms with Gasteiger partial charge in [0, 0.05) is 11.3 Å². The maximum Gasteiger partial charge on any atom is 0.326 e. The molecule has 5 nitrogen and oxygen atoms in total. The first-order chi connectivity index (χ1) is 9.44. The van der Waals surface area contributed by atoms with Crippen LogP contribution in [0.1, 0.15) is 46.0 Å². The van der Waals surface area contributed by atoms with E-state index in [1.54, 1.807) is 11.8 Å². The average molecular weight is 302 g/mol. The van der Waals surface area contributed by atoms with Gasteiger partial charge in [-0.1, -0.05) is 33.1 Å². The van der Waals surface area contributed by atoms with Crippen molar-refractivity contribution in [1.29, 1.82) is 0 Å². The zero-order chi connectivity index (χ0) is 15.2. The number of carbonyl (C=O) groups excluding carboxylic acids is 1. The van der Waals surface area contributed by atoms with Gasteiger partial charge in [-0.3, -0.25) is 0 Å². The van der Waals surface area contributed by atoms with Crippen LogP contribution < -0.4 is 10.6 Å². The SMILES string of the molecule is CC[C@H](C)[C@H](NC(=O)NCC1(SC)CCCC1)C(=O)O. The van der Waals surface area contributed by atoms with Crippen LogP contribution in [0.25, 0.3) is 0 Å². The van der Waals surface area contributed by atoms with Crippen molar-refractivity contribution in [2.24, 2.45) is 5.92 Å². The van der Waals surface area contributed by atoms with Gasteiger partial charge in [-0.05, 0) is 25.0 Å². The molecule has 0 unspecified atom stereocenters. The van der Waals surface area contributed by atoms with Crippen molar-refractivity contribution in [3.8, 4) is 0 Å². The maximum atomic E-state index is 11.9. The van der Waals surface area contributed by atoms with Gasteiger partial charge in [0.15, 0.2) is 0 Å². The summed E-state index contributed by atoms with van der Waals surface area (Å²) in [6.45, 7) is 4.35. The van der Waals surface area contributed by atoms with Crippen molar-refractivity contribution in [1.82, 2.24) is 10.6 Å². The van der Waals surface area contributed by atoms with Crippen LogP contribution in [0.4, 0.5) is 4.79 Å². The minimum Gasteiger partial charge on any atom is -0.480 e. The number of urea groups is 1. The summed E-state index contributed by atoms with van der Waals surface area (Å²) in [5.74, 6) is -1.06. The normalized spacial score (nSPS) is 20.1. The van der Waals surface area contributed by atoms with E-state index in [-0.39, 0.29) is 16.7 Å². The molecule has 0 aromatic carbocycles. The molecule has 1 aliphatic carbocycles. The molecule has 0 radical (unpaired) electrons. The van der Waals surface area contributed by atoms with Gasteiger partial charge >= 0.3 is 12.0 Å². The van der Waals surface area contributed by atoms with Crippen LogP contribution in [0.2, 0.25) is 0 Å². The molecule has 0 heterocycles. The van der Waals surface area contributed by atoms with Crippen molar-refractivity contribution in [3.05, 3.63) is 0 Å². The Balaban J connectivity index is 2.47. The number of carbonyl (C=O) groups is 2. The lowest BCUT2D eigenvalue weighted by atomic mass is 9.99. The van der Waals surface area contributed by atoms with Crippen LogP contribution in [0.15, 0.2) is 0 Å². The van der Waals surface area contributed by atoms with Crippen LogP contribution in [-0.4, -0.2) is 40.7 Å². The number of carboxylic acid groups (broad SMARTS) is 1. The first-order valence-electron chi connectivity index (χ1n) is 7.26. The molecular weight excluding hydrogens is 276 g/mol. The summed E-state index contributed by atoms with van der Waals surface area (Å²) in [4.78, 5) is 23.1. The third kappa shape index (κ3) is 4.58. The van der Waals surface area contributed by atoms with Crippen molar-refractivity contribution in [2.75, 3.05) is 12.8 Å². The molecule has 1 aliphatic rings. The van der Waals surface area contributed by atoms with Gasteiger partial charge in [0.25, 0.3) is 0 Å². The number of carboxylic acids is 1. The summed E-state index contributed by atoms with van der Waals surface area (Å²) in [6.07, 6.45) is 7.42. The molecule has 0 aromatic rings. The Morgan fingerprint density at radius 1 is 1.35 bits per heavy atom. The van der Waals surface area contributed by atoms with E-state index < -0.39 is 12.0 Å². The summed E-state index contributed by atoms with van der Waals surface area (Å²) in [5.41, 5.74) is 0. The van der Waals surface area contributed by atoms with Crippen LogP contribution in [0.3, 0.4) is 0 Å². The summed E-state index contributed by atoms with van der Waals surface area (Å²) in [5, 5.41) is 14.6. The molecule has 1 rings (SSSR count). The zero-order valence-electron chi connectivity index (χ0n) is 12.6. The summed E-state index contributed by atoms with van der Waals surface area (Å²) >= 11 is 1.80. The molecule has 2 amide bonds. The van der Waals surface area contributed by atoms with E-state index in [9.17, 15) is 9.59 Å². The fourth-order valence-corrected chi connectivity index (χ4v) is 3.50. The van der Waals surface area contributed by atoms with E-state index in [1.165, 1.54) is 12.8 Å². The molecule has 6 heteroatoms. The van der Waals surface area contributed by atoms with Gasteiger partial charge in [0.05, 0.1) is 0 Å².